The van der Waals surface area contributed by atoms with Crippen molar-refractivity contribution in [2.75, 3.05) is 18.4 Å². The van der Waals surface area contributed by atoms with E-state index in [0.29, 0.717) is 11.4 Å². The topological polar surface area (TPSA) is 81.7 Å². The first-order valence-corrected chi connectivity index (χ1v) is 8.38. The van der Waals surface area contributed by atoms with E-state index in [2.05, 4.69) is 4.72 Å². The first kappa shape index (κ1) is 16.8. The van der Waals surface area contributed by atoms with E-state index in [9.17, 15) is 13.2 Å². The Morgan fingerprint density at radius 1 is 1.13 bits per heavy atom. The minimum absolute atomic E-state index is 0.0149. The third-order valence-electron chi connectivity index (χ3n) is 3.00. The summed E-state index contributed by atoms with van der Waals surface area (Å²) in [5, 5.41) is 0. The van der Waals surface area contributed by atoms with Crippen LogP contribution in [0.4, 0.5) is 5.69 Å². The van der Waals surface area contributed by atoms with Crippen LogP contribution in [-0.4, -0.2) is 28.1 Å². The SMILES string of the molecule is CCOC(=O)c1cccc(S(=O)(=O)Nc2ccc(OC)cc2)c1. The molecule has 1 N–H and O–H groups in total. The standard InChI is InChI=1S/C16H17NO5S/c1-3-22-16(18)12-5-4-6-15(11-12)23(19,20)17-13-7-9-14(21-2)10-8-13/h4-11,17H,3H2,1-2H3. The molecule has 0 unspecified atom stereocenters. The number of anilines is 1. The van der Waals surface area contributed by atoms with Gasteiger partial charge in [-0.1, -0.05) is 6.07 Å². The van der Waals surface area contributed by atoms with Gasteiger partial charge in [0.2, 0.25) is 0 Å². The number of nitrogens with one attached hydrogen (secondary N) is 1. The Morgan fingerprint density at radius 3 is 2.43 bits per heavy atom. The molecule has 0 fully saturated rings. The summed E-state index contributed by atoms with van der Waals surface area (Å²) in [4.78, 5) is 11.7. The molecule has 0 aromatic heterocycles. The molecular formula is C16H17NO5S. The number of benzene rings is 2. The van der Waals surface area contributed by atoms with Crippen molar-refractivity contribution in [3.8, 4) is 5.75 Å². The molecule has 0 amide bonds. The normalized spacial score (nSPS) is 10.9. The Morgan fingerprint density at radius 2 is 1.83 bits per heavy atom. The summed E-state index contributed by atoms with van der Waals surface area (Å²) in [6.07, 6.45) is 0. The van der Waals surface area contributed by atoms with Gasteiger partial charge in [0.05, 0.1) is 24.2 Å². The van der Waals surface area contributed by atoms with Gasteiger partial charge in [0.25, 0.3) is 10.0 Å². The van der Waals surface area contributed by atoms with Gasteiger partial charge in [-0.15, -0.1) is 0 Å². The van der Waals surface area contributed by atoms with Crippen molar-refractivity contribution in [2.24, 2.45) is 0 Å². The Bertz CT molecular complexity index is 784. The number of esters is 1. The molecule has 0 heterocycles. The van der Waals surface area contributed by atoms with Crippen molar-refractivity contribution < 1.29 is 22.7 Å². The maximum absolute atomic E-state index is 12.4. The van der Waals surface area contributed by atoms with Gasteiger partial charge in [0.15, 0.2) is 0 Å². The number of sulfonamides is 1. The predicted molar refractivity (Wildman–Crippen MR) is 86.2 cm³/mol. The Balaban J connectivity index is 2.24. The quantitative estimate of drug-likeness (QED) is 0.821. The van der Waals surface area contributed by atoms with Gasteiger partial charge in [0.1, 0.15) is 5.75 Å². The molecule has 0 aliphatic carbocycles. The Hall–Kier alpha value is -2.54. The van der Waals surface area contributed by atoms with Gasteiger partial charge in [0, 0.05) is 5.69 Å². The van der Waals surface area contributed by atoms with Crippen LogP contribution in [0.3, 0.4) is 0 Å². The lowest BCUT2D eigenvalue weighted by Gasteiger charge is -2.10. The van der Waals surface area contributed by atoms with Crippen LogP contribution in [0.15, 0.2) is 53.4 Å². The van der Waals surface area contributed by atoms with E-state index in [1.165, 1.54) is 31.4 Å². The molecule has 0 saturated carbocycles. The van der Waals surface area contributed by atoms with E-state index in [0.717, 1.165) is 0 Å². The smallest absolute Gasteiger partial charge is 0.338 e. The first-order valence-electron chi connectivity index (χ1n) is 6.90. The van der Waals surface area contributed by atoms with E-state index in [1.54, 1.807) is 31.2 Å². The van der Waals surface area contributed by atoms with Gasteiger partial charge >= 0.3 is 5.97 Å². The molecule has 0 aliphatic rings. The van der Waals surface area contributed by atoms with Crippen molar-refractivity contribution in [3.63, 3.8) is 0 Å². The molecule has 2 rings (SSSR count). The minimum Gasteiger partial charge on any atom is -0.497 e. The molecule has 2 aromatic rings. The number of carbonyl (C=O) groups excluding carboxylic acids is 1. The summed E-state index contributed by atoms with van der Waals surface area (Å²) in [6, 6.07) is 12.2. The molecule has 23 heavy (non-hydrogen) atoms. The lowest BCUT2D eigenvalue weighted by atomic mass is 10.2. The van der Waals surface area contributed by atoms with Crippen molar-refractivity contribution in [1.82, 2.24) is 0 Å². The number of ether oxygens (including phenoxy) is 2. The highest BCUT2D eigenvalue weighted by Crippen LogP contribution is 2.20. The molecular weight excluding hydrogens is 318 g/mol. The molecule has 0 radical (unpaired) electrons. The average molecular weight is 335 g/mol. The van der Waals surface area contributed by atoms with Gasteiger partial charge in [-0.3, -0.25) is 4.72 Å². The van der Waals surface area contributed by atoms with Gasteiger partial charge in [-0.25, -0.2) is 13.2 Å². The van der Waals surface area contributed by atoms with Crippen molar-refractivity contribution in [1.29, 1.82) is 0 Å². The summed E-state index contributed by atoms with van der Waals surface area (Å²) in [5.41, 5.74) is 0.580. The van der Waals surface area contributed by atoms with Crippen LogP contribution in [0.1, 0.15) is 17.3 Å². The Kier molecular flexibility index (Phi) is 5.23. The lowest BCUT2D eigenvalue weighted by Crippen LogP contribution is -2.14. The lowest BCUT2D eigenvalue weighted by molar-refractivity contribution is 0.0526. The summed E-state index contributed by atoms with van der Waals surface area (Å²) in [5.74, 6) is 0.0613. The van der Waals surface area contributed by atoms with Crippen LogP contribution in [0.2, 0.25) is 0 Å². The van der Waals surface area contributed by atoms with Crippen molar-refractivity contribution in [3.05, 3.63) is 54.1 Å². The molecule has 0 spiro atoms. The maximum Gasteiger partial charge on any atom is 0.338 e. The van der Waals surface area contributed by atoms with Gasteiger partial charge in [-0.2, -0.15) is 0 Å². The number of carbonyl (C=O) groups is 1. The highest BCUT2D eigenvalue weighted by molar-refractivity contribution is 7.92. The second kappa shape index (κ2) is 7.15. The van der Waals surface area contributed by atoms with Crippen LogP contribution in [-0.2, 0) is 14.8 Å². The summed E-state index contributed by atoms with van der Waals surface area (Å²) >= 11 is 0. The monoisotopic (exact) mass is 335 g/mol. The van der Waals surface area contributed by atoms with Crippen LogP contribution in [0.25, 0.3) is 0 Å². The molecule has 0 aliphatic heterocycles. The van der Waals surface area contributed by atoms with Gasteiger partial charge in [-0.05, 0) is 49.4 Å². The van der Waals surface area contributed by atoms with Crippen LogP contribution < -0.4 is 9.46 Å². The zero-order chi connectivity index (χ0) is 16.9. The number of rotatable bonds is 6. The molecule has 0 bridgehead atoms. The highest BCUT2D eigenvalue weighted by Gasteiger charge is 2.17. The molecule has 0 atom stereocenters. The van der Waals surface area contributed by atoms with Crippen LogP contribution in [0, 0.1) is 0 Å². The predicted octanol–water partition coefficient (Wildman–Crippen LogP) is 2.67. The highest BCUT2D eigenvalue weighted by atomic mass is 32.2. The second-order valence-corrected chi connectivity index (χ2v) is 6.26. The average Bonchev–Trinajstić information content (AvgIpc) is 2.55. The fraction of sp³-hybridized carbons (Fsp3) is 0.188. The fourth-order valence-corrected chi connectivity index (χ4v) is 2.98. The summed E-state index contributed by atoms with van der Waals surface area (Å²) in [7, 11) is -2.27. The van der Waals surface area contributed by atoms with E-state index >= 15 is 0 Å². The van der Waals surface area contributed by atoms with Crippen molar-refractivity contribution >= 4 is 21.7 Å². The summed E-state index contributed by atoms with van der Waals surface area (Å²) < 4.78 is 37.1. The molecule has 2 aromatic carbocycles. The third-order valence-corrected chi connectivity index (χ3v) is 4.38. The third kappa shape index (κ3) is 4.23. The fourth-order valence-electron chi connectivity index (χ4n) is 1.88. The van der Waals surface area contributed by atoms with E-state index < -0.39 is 16.0 Å². The number of hydrogen-bond acceptors (Lipinski definition) is 5. The number of methoxy groups -OCH3 is 1. The maximum atomic E-state index is 12.4. The Labute approximate surface area is 135 Å². The van der Waals surface area contributed by atoms with E-state index in [4.69, 9.17) is 9.47 Å². The zero-order valence-electron chi connectivity index (χ0n) is 12.8. The second-order valence-electron chi connectivity index (χ2n) is 4.58. The van der Waals surface area contributed by atoms with Crippen molar-refractivity contribution in [2.45, 2.75) is 11.8 Å². The van der Waals surface area contributed by atoms with E-state index in [-0.39, 0.29) is 17.1 Å². The van der Waals surface area contributed by atoms with Gasteiger partial charge < -0.3 is 9.47 Å². The first-order chi connectivity index (χ1) is 11.0. The summed E-state index contributed by atoms with van der Waals surface area (Å²) in [6.45, 7) is 1.91. The molecule has 6 nitrogen and oxygen atoms in total. The largest absolute Gasteiger partial charge is 0.497 e. The molecule has 7 heteroatoms. The van der Waals surface area contributed by atoms with Crippen LogP contribution in [0.5, 0.6) is 5.75 Å². The zero-order valence-corrected chi connectivity index (χ0v) is 13.6. The van der Waals surface area contributed by atoms with Crippen LogP contribution >= 0.6 is 0 Å². The number of hydrogen-bond donors (Lipinski definition) is 1. The minimum atomic E-state index is -3.80. The molecule has 0 saturated heterocycles. The van der Waals surface area contributed by atoms with E-state index in [1.807, 2.05) is 0 Å². The molecule has 122 valence electrons.